The lowest BCUT2D eigenvalue weighted by Crippen LogP contribution is -2.13. The first kappa shape index (κ1) is 20.8. The number of Topliss-reactive ketones (excluding diaryl/α,β-unsaturated/α-hetero) is 2. The Bertz CT molecular complexity index is 1360. The fraction of sp³-hybridized carbons (Fsp3) is 0.100. The zero-order valence-electron chi connectivity index (χ0n) is 18.1. The lowest BCUT2D eigenvalue weighted by Gasteiger charge is -2.16. The first-order chi connectivity index (χ1) is 16.2. The van der Waals surface area contributed by atoms with Crippen molar-refractivity contribution >= 4 is 33.1 Å². The number of pyridine rings is 1. The summed E-state index contributed by atoms with van der Waals surface area (Å²) in [6, 6.07) is 31.4. The third-order valence-electron chi connectivity index (χ3n) is 6.18. The summed E-state index contributed by atoms with van der Waals surface area (Å²) in [4.78, 5) is 30.6. The second-order valence-corrected chi connectivity index (χ2v) is 8.36. The molecule has 4 aromatic carbocycles. The maximum absolute atomic E-state index is 13.2. The first-order valence-electron chi connectivity index (χ1n) is 11.1. The molecule has 3 heteroatoms. The van der Waals surface area contributed by atoms with Gasteiger partial charge >= 0.3 is 0 Å². The Morgan fingerprint density at radius 2 is 1.03 bits per heavy atom. The Hall–Kier alpha value is -4.11. The van der Waals surface area contributed by atoms with Crippen molar-refractivity contribution in [3.05, 3.63) is 126 Å². The van der Waals surface area contributed by atoms with Gasteiger partial charge in [0.05, 0.1) is 0 Å². The number of carbonyl (C=O) groups excluding carboxylic acids is 2. The maximum Gasteiger partial charge on any atom is 0.163 e. The summed E-state index contributed by atoms with van der Waals surface area (Å²) in [6.07, 6.45) is 3.95. The van der Waals surface area contributed by atoms with Gasteiger partial charge in [0, 0.05) is 36.4 Å². The molecule has 3 nitrogen and oxygen atoms in total. The minimum absolute atomic E-state index is 0.0360. The minimum Gasteiger partial charge on any atom is -0.294 e. The zero-order valence-corrected chi connectivity index (χ0v) is 18.1. The summed E-state index contributed by atoms with van der Waals surface area (Å²) in [5.74, 6) is -0.145. The van der Waals surface area contributed by atoms with Crippen molar-refractivity contribution in [1.82, 2.24) is 4.98 Å². The van der Waals surface area contributed by atoms with E-state index in [9.17, 15) is 9.59 Å². The number of carbonyl (C=O) groups is 2. The van der Waals surface area contributed by atoms with Crippen molar-refractivity contribution < 1.29 is 9.59 Å². The smallest absolute Gasteiger partial charge is 0.163 e. The van der Waals surface area contributed by atoms with E-state index >= 15 is 0 Å². The van der Waals surface area contributed by atoms with Gasteiger partial charge in [-0.25, -0.2) is 0 Å². The molecule has 0 fully saturated rings. The molecule has 0 aliphatic carbocycles. The van der Waals surface area contributed by atoms with Gasteiger partial charge in [0.2, 0.25) is 0 Å². The Labute approximate surface area is 192 Å². The van der Waals surface area contributed by atoms with E-state index in [-0.39, 0.29) is 30.3 Å². The SMILES string of the molecule is O=C(CC(CC(=O)c1ccc2ccccc2c1)c1ccncc1)c1ccc2ccccc2c1. The van der Waals surface area contributed by atoms with E-state index in [0.717, 1.165) is 27.1 Å². The summed E-state index contributed by atoms with van der Waals surface area (Å²) < 4.78 is 0. The molecule has 0 atom stereocenters. The van der Waals surface area contributed by atoms with Crippen LogP contribution in [0, 0.1) is 0 Å². The van der Waals surface area contributed by atoms with Crippen LogP contribution in [-0.2, 0) is 0 Å². The van der Waals surface area contributed by atoms with Crippen molar-refractivity contribution in [2.24, 2.45) is 0 Å². The van der Waals surface area contributed by atoms with Crippen LogP contribution in [0.5, 0.6) is 0 Å². The van der Waals surface area contributed by atoms with E-state index in [2.05, 4.69) is 4.98 Å². The molecule has 0 spiro atoms. The van der Waals surface area contributed by atoms with E-state index in [0.29, 0.717) is 11.1 Å². The highest BCUT2D eigenvalue weighted by Gasteiger charge is 2.22. The predicted molar refractivity (Wildman–Crippen MR) is 133 cm³/mol. The summed E-state index contributed by atoms with van der Waals surface area (Å²) in [5, 5.41) is 4.28. The summed E-state index contributed by atoms with van der Waals surface area (Å²) in [7, 11) is 0. The van der Waals surface area contributed by atoms with Crippen LogP contribution in [0.4, 0.5) is 0 Å². The van der Waals surface area contributed by atoms with E-state index in [4.69, 9.17) is 0 Å². The van der Waals surface area contributed by atoms with Crippen molar-refractivity contribution in [2.75, 3.05) is 0 Å². The highest BCUT2D eigenvalue weighted by Crippen LogP contribution is 2.28. The van der Waals surface area contributed by atoms with Gasteiger partial charge in [0.1, 0.15) is 0 Å². The molecule has 160 valence electrons. The molecule has 5 aromatic rings. The van der Waals surface area contributed by atoms with Gasteiger partial charge in [-0.05, 0) is 57.3 Å². The van der Waals surface area contributed by atoms with Crippen LogP contribution in [0.3, 0.4) is 0 Å². The van der Waals surface area contributed by atoms with Crippen molar-refractivity contribution in [3.63, 3.8) is 0 Å². The zero-order chi connectivity index (χ0) is 22.6. The Kier molecular flexibility index (Phi) is 5.77. The van der Waals surface area contributed by atoms with E-state index in [1.165, 1.54) is 0 Å². The summed E-state index contributed by atoms with van der Waals surface area (Å²) in [5.41, 5.74) is 2.30. The molecule has 0 aliphatic rings. The first-order valence-corrected chi connectivity index (χ1v) is 11.1. The molecule has 1 aromatic heterocycles. The lowest BCUT2D eigenvalue weighted by atomic mass is 9.86. The van der Waals surface area contributed by atoms with E-state index in [1.807, 2.05) is 97.1 Å². The second-order valence-electron chi connectivity index (χ2n) is 8.36. The quantitative estimate of drug-likeness (QED) is 0.261. The van der Waals surface area contributed by atoms with Crippen LogP contribution in [0.1, 0.15) is 45.0 Å². The molecule has 0 radical (unpaired) electrons. The summed E-state index contributed by atoms with van der Waals surface area (Å²) in [6.45, 7) is 0. The molecule has 0 saturated heterocycles. The number of hydrogen-bond acceptors (Lipinski definition) is 3. The predicted octanol–water partition coefficient (Wildman–Crippen LogP) is 7.02. The topological polar surface area (TPSA) is 47.0 Å². The van der Waals surface area contributed by atoms with Crippen LogP contribution in [0.2, 0.25) is 0 Å². The van der Waals surface area contributed by atoms with Gasteiger partial charge in [-0.2, -0.15) is 0 Å². The number of aromatic nitrogens is 1. The number of nitrogens with zero attached hydrogens (tertiary/aromatic N) is 1. The fourth-order valence-corrected chi connectivity index (χ4v) is 4.35. The molecule has 0 saturated carbocycles. The maximum atomic E-state index is 13.2. The largest absolute Gasteiger partial charge is 0.294 e. The molecular weight excluding hydrogens is 406 g/mol. The number of rotatable bonds is 7. The molecule has 0 aliphatic heterocycles. The highest BCUT2D eigenvalue weighted by molar-refractivity contribution is 6.02. The van der Waals surface area contributed by atoms with Crippen molar-refractivity contribution in [3.8, 4) is 0 Å². The number of fused-ring (bicyclic) bond motifs is 2. The molecule has 0 bridgehead atoms. The number of benzene rings is 4. The third-order valence-corrected chi connectivity index (χ3v) is 6.18. The lowest BCUT2D eigenvalue weighted by molar-refractivity contribution is 0.0944. The second kappa shape index (κ2) is 9.17. The highest BCUT2D eigenvalue weighted by atomic mass is 16.1. The van der Waals surface area contributed by atoms with Gasteiger partial charge in [0.25, 0.3) is 0 Å². The van der Waals surface area contributed by atoms with Gasteiger partial charge < -0.3 is 0 Å². The standard InChI is InChI=1S/C30H23NO2/c32-29(26-11-9-21-5-1-3-7-24(21)17-26)19-28(23-13-15-31-16-14-23)20-30(33)27-12-10-22-6-2-4-8-25(22)18-27/h1-18,28H,19-20H2. The van der Waals surface area contributed by atoms with Crippen LogP contribution in [0.15, 0.2) is 109 Å². The molecule has 5 rings (SSSR count). The number of hydrogen-bond donors (Lipinski definition) is 0. The van der Waals surface area contributed by atoms with Crippen molar-refractivity contribution in [1.29, 1.82) is 0 Å². The third kappa shape index (κ3) is 4.58. The van der Waals surface area contributed by atoms with Gasteiger partial charge in [-0.1, -0.05) is 72.8 Å². The van der Waals surface area contributed by atoms with Gasteiger partial charge in [0.15, 0.2) is 11.6 Å². The Morgan fingerprint density at radius 1 is 0.576 bits per heavy atom. The molecular formula is C30H23NO2. The molecule has 0 unspecified atom stereocenters. The van der Waals surface area contributed by atoms with Gasteiger partial charge in [-0.15, -0.1) is 0 Å². The van der Waals surface area contributed by atoms with E-state index in [1.54, 1.807) is 12.4 Å². The molecule has 1 heterocycles. The molecule has 0 N–H and O–H groups in total. The van der Waals surface area contributed by atoms with E-state index < -0.39 is 0 Å². The fourth-order valence-electron chi connectivity index (χ4n) is 4.35. The van der Waals surface area contributed by atoms with Gasteiger partial charge in [-0.3, -0.25) is 14.6 Å². The number of ketones is 2. The average molecular weight is 430 g/mol. The Morgan fingerprint density at radius 3 is 1.52 bits per heavy atom. The molecule has 0 amide bonds. The monoisotopic (exact) mass is 429 g/mol. The Balaban J connectivity index is 1.41. The van der Waals surface area contributed by atoms with Crippen LogP contribution in [-0.4, -0.2) is 16.6 Å². The molecule has 33 heavy (non-hydrogen) atoms. The normalized spacial score (nSPS) is 11.2. The van der Waals surface area contributed by atoms with Crippen molar-refractivity contribution in [2.45, 2.75) is 18.8 Å². The summed E-state index contributed by atoms with van der Waals surface area (Å²) >= 11 is 0. The minimum atomic E-state index is -0.217. The van der Waals surface area contributed by atoms with Crippen LogP contribution >= 0.6 is 0 Å². The van der Waals surface area contributed by atoms with Crippen LogP contribution in [0.25, 0.3) is 21.5 Å². The average Bonchev–Trinajstić information content (AvgIpc) is 2.88. The van der Waals surface area contributed by atoms with Crippen LogP contribution < -0.4 is 0 Å².